The second-order valence-electron chi connectivity index (χ2n) is 3.61. The Morgan fingerprint density at radius 2 is 2.24 bits per heavy atom. The van der Waals surface area contributed by atoms with E-state index in [9.17, 15) is 0 Å². The SMILES string of the molecule is N/C=C/C=C\C1=C/C/C=C\CC(/C=C\CN)O1. The molecule has 1 aliphatic heterocycles. The van der Waals surface area contributed by atoms with E-state index in [-0.39, 0.29) is 6.10 Å². The maximum Gasteiger partial charge on any atom is 0.120 e. The molecule has 1 rings (SSSR count). The third-order valence-electron chi connectivity index (χ3n) is 2.25. The first kappa shape index (κ1) is 13.3. The normalized spacial score (nSPS) is 26.6. The van der Waals surface area contributed by atoms with Gasteiger partial charge < -0.3 is 16.2 Å². The van der Waals surface area contributed by atoms with Gasteiger partial charge in [0.1, 0.15) is 11.9 Å². The van der Waals surface area contributed by atoms with E-state index in [2.05, 4.69) is 12.2 Å². The van der Waals surface area contributed by atoms with Gasteiger partial charge in [-0.3, -0.25) is 0 Å². The van der Waals surface area contributed by atoms with Gasteiger partial charge in [0.05, 0.1) is 0 Å². The van der Waals surface area contributed by atoms with Gasteiger partial charge in [0.25, 0.3) is 0 Å². The van der Waals surface area contributed by atoms with E-state index < -0.39 is 0 Å². The van der Waals surface area contributed by atoms with Gasteiger partial charge in [-0.25, -0.2) is 0 Å². The van der Waals surface area contributed by atoms with Crippen molar-refractivity contribution in [3.8, 4) is 0 Å². The van der Waals surface area contributed by atoms with Gasteiger partial charge in [0, 0.05) is 13.0 Å². The molecular formula is C14H20N2O. The van der Waals surface area contributed by atoms with Crippen LogP contribution < -0.4 is 11.5 Å². The van der Waals surface area contributed by atoms with Crippen molar-refractivity contribution in [3.05, 3.63) is 60.6 Å². The molecule has 0 saturated carbocycles. The van der Waals surface area contributed by atoms with Crippen LogP contribution in [0.4, 0.5) is 0 Å². The van der Waals surface area contributed by atoms with Gasteiger partial charge in [-0.05, 0) is 36.9 Å². The summed E-state index contributed by atoms with van der Waals surface area (Å²) in [5, 5.41) is 0. The number of allylic oxidation sites excluding steroid dienone is 5. The van der Waals surface area contributed by atoms with Gasteiger partial charge in [-0.1, -0.05) is 24.3 Å². The Morgan fingerprint density at radius 1 is 1.35 bits per heavy atom. The smallest absolute Gasteiger partial charge is 0.120 e. The first-order valence-corrected chi connectivity index (χ1v) is 5.80. The average molecular weight is 232 g/mol. The number of rotatable bonds is 4. The first-order chi connectivity index (χ1) is 8.36. The Morgan fingerprint density at radius 3 is 3.00 bits per heavy atom. The zero-order valence-electron chi connectivity index (χ0n) is 9.96. The van der Waals surface area contributed by atoms with Crippen LogP contribution in [-0.4, -0.2) is 12.6 Å². The molecule has 0 bridgehead atoms. The molecule has 3 nitrogen and oxygen atoms in total. The molecule has 0 saturated heterocycles. The van der Waals surface area contributed by atoms with Crippen LogP contribution in [0.5, 0.6) is 0 Å². The highest BCUT2D eigenvalue weighted by molar-refractivity contribution is 5.19. The van der Waals surface area contributed by atoms with Crippen molar-refractivity contribution in [2.45, 2.75) is 18.9 Å². The summed E-state index contributed by atoms with van der Waals surface area (Å²) in [6.07, 6.45) is 19.1. The highest BCUT2D eigenvalue weighted by Crippen LogP contribution is 2.14. The summed E-state index contributed by atoms with van der Waals surface area (Å²) in [6.45, 7) is 0.536. The number of ether oxygens (including phenoxy) is 1. The first-order valence-electron chi connectivity index (χ1n) is 5.80. The zero-order chi connectivity index (χ0) is 12.3. The van der Waals surface area contributed by atoms with Crippen LogP contribution in [0.2, 0.25) is 0 Å². The summed E-state index contributed by atoms with van der Waals surface area (Å²) in [7, 11) is 0. The number of nitrogens with two attached hydrogens (primary N) is 2. The highest BCUT2D eigenvalue weighted by Gasteiger charge is 2.06. The molecule has 1 unspecified atom stereocenters. The van der Waals surface area contributed by atoms with Gasteiger partial charge in [-0.15, -0.1) is 0 Å². The largest absolute Gasteiger partial charge is 0.486 e. The summed E-state index contributed by atoms with van der Waals surface area (Å²) in [5.41, 5.74) is 10.7. The summed E-state index contributed by atoms with van der Waals surface area (Å²) in [4.78, 5) is 0. The highest BCUT2D eigenvalue weighted by atomic mass is 16.5. The van der Waals surface area contributed by atoms with E-state index in [4.69, 9.17) is 16.2 Å². The second-order valence-corrected chi connectivity index (χ2v) is 3.61. The Labute approximate surface area is 103 Å². The average Bonchev–Trinajstić information content (AvgIpc) is 2.30. The molecule has 1 atom stereocenters. The van der Waals surface area contributed by atoms with Crippen molar-refractivity contribution in [2.75, 3.05) is 6.54 Å². The molecule has 0 aromatic rings. The molecule has 0 spiro atoms. The minimum absolute atomic E-state index is 0.0489. The van der Waals surface area contributed by atoms with E-state index in [1.807, 2.05) is 30.4 Å². The molecule has 0 aliphatic carbocycles. The maximum atomic E-state index is 5.85. The molecule has 3 heteroatoms. The van der Waals surface area contributed by atoms with Crippen LogP contribution in [0.15, 0.2) is 60.6 Å². The van der Waals surface area contributed by atoms with Crippen LogP contribution in [0, 0.1) is 0 Å². The topological polar surface area (TPSA) is 61.3 Å². The van der Waals surface area contributed by atoms with Crippen molar-refractivity contribution in [2.24, 2.45) is 11.5 Å². The lowest BCUT2D eigenvalue weighted by molar-refractivity contribution is 0.165. The van der Waals surface area contributed by atoms with Crippen LogP contribution in [-0.2, 0) is 4.74 Å². The Hall–Kier alpha value is -1.74. The lowest BCUT2D eigenvalue weighted by Gasteiger charge is -2.16. The molecule has 0 radical (unpaired) electrons. The lowest BCUT2D eigenvalue weighted by Crippen LogP contribution is -2.10. The van der Waals surface area contributed by atoms with E-state index in [0.717, 1.165) is 18.6 Å². The molecule has 4 N–H and O–H groups in total. The van der Waals surface area contributed by atoms with Gasteiger partial charge in [0.15, 0.2) is 0 Å². The van der Waals surface area contributed by atoms with Crippen molar-refractivity contribution in [1.82, 2.24) is 0 Å². The van der Waals surface area contributed by atoms with Crippen molar-refractivity contribution < 1.29 is 4.74 Å². The fourth-order valence-electron chi connectivity index (χ4n) is 1.45. The molecule has 1 aliphatic rings. The summed E-state index contributed by atoms with van der Waals surface area (Å²) >= 11 is 0. The molecule has 0 amide bonds. The van der Waals surface area contributed by atoms with Gasteiger partial charge in [-0.2, -0.15) is 0 Å². The van der Waals surface area contributed by atoms with Crippen LogP contribution >= 0.6 is 0 Å². The molecule has 92 valence electrons. The van der Waals surface area contributed by atoms with Crippen LogP contribution in [0.3, 0.4) is 0 Å². The maximum absolute atomic E-state index is 5.85. The Kier molecular flexibility index (Phi) is 6.60. The third kappa shape index (κ3) is 5.78. The zero-order valence-corrected chi connectivity index (χ0v) is 9.96. The van der Waals surface area contributed by atoms with E-state index in [1.54, 1.807) is 6.08 Å². The standard InChI is InChI=1S/C14H20N2O/c15-11-5-4-9-13-7-2-1-3-8-14(17-13)10-6-12-16/h1,3-7,9-11,14H,2,8,12,15-16H2/b3-1-,9-4-,10-6-,11-5+,13-7+. The molecular weight excluding hydrogens is 212 g/mol. The molecule has 0 aromatic heterocycles. The van der Waals surface area contributed by atoms with E-state index in [0.29, 0.717) is 6.54 Å². The van der Waals surface area contributed by atoms with E-state index in [1.165, 1.54) is 6.20 Å². The fraction of sp³-hybridized carbons (Fsp3) is 0.286. The van der Waals surface area contributed by atoms with Crippen LogP contribution in [0.1, 0.15) is 12.8 Å². The Balaban J connectivity index is 2.67. The Bertz CT molecular complexity index is 351. The van der Waals surface area contributed by atoms with E-state index >= 15 is 0 Å². The lowest BCUT2D eigenvalue weighted by atomic mass is 10.1. The minimum atomic E-state index is 0.0489. The fourth-order valence-corrected chi connectivity index (χ4v) is 1.45. The monoisotopic (exact) mass is 232 g/mol. The minimum Gasteiger partial charge on any atom is -0.486 e. The molecule has 17 heavy (non-hydrogen) atoms. The predicted octanol–water partition coefficient (Wildman–Crippen LogP) is 2.15. The number of hydrogen-bond acceptors (Lipinski definition) is 3. The third-order valence-corrected chi connectivity index (χ3v) is 2.25. The summed E-state index contributed by atoms with van der Waals surface area (Å²) < 4.78 is 5.85. The van der Waals surface area contributed by atoms with Gasteiger partial charge >= 0.3 is 0 Å². The summed E-state index contributed by atoms with van der Waals surface area (Å²) in [6, 6.07) is 0. The predicted molar refractivity (Wildman–Crippen MR) is 72.0 cm³/mol. The van der Waals surface area contributed by atoms with Crippen molar-refractivity contribution >= 4 is 0 Å². The van der Waals surface area contributed by atoms with Crippen molar-refractivity contribution in [1.29, 1.82) is 0 Å². The molecule has 0 fully saturated rings. The number of hydrogen-bond donors (Lipinski definition) is 2. The quantitative estimate of drug-likeness (QED) is 0.576. The van der Waals surface area contributed by atoms with Gasteiger partial charge in [0.2, 0.25) is 0 Å². The molecule has 1 heterocycles. The summed E-state index contributed by atoms with van der Waals surface area (Å²) in [5.74, 6) is 0.860. The second kappa shape index (κ2) is 8.42. The van der Waals surface area contributed by atoms with Crippen molar-refractivity contribution in [3.63, 3.8) is 0 Å². The van der Waals surface area contributed by atoms with Crippen LogP contribution in [0.25, 0.3) is 0 Å². The molecule has 0 aromatic carbocycles.